The SMILES string of the molecule is CC(C)C[C@H](CNC(=O)c1cccc(Cl)c1)CC(=O)O. The van der Waals surface area contributed by atoms with Gasteiger partial charge in [0.05, 0.1) is 0 Å². The van der Waals surface area contributed by atoms with Crippen molar-refractivity contribution in [2.24, 2.45) is 11.8 Å². The van der Waals surface area contributed by atoms with Crippen molar-refractivity contribution in [3.05, 3.63) is 34.9 Å². The minimum Gasteiger partial charge on any atom is -0.481 e. The number of halogens is 1. The molecule has 2 N–H and O–H groups in total. The summed E-state index contributed by atoms with van der Waals surface area (Å²) in [6.45, 7) is 4.43. The summed E-state index contributed by atoms with van der Waals surface area (Å²) in [6, 6.07) is 6.67. The fourth-order valence-corrected chi connectivity index (χ4v) is 2.31. The molecule has 1 aromatic rings. The van der Waals surface area contributed by atoms with E-state index in [0.29, 0.717) is 23.0 Å². The highest BCUT2D eigenvalue weighted by atomic mass is 35.5. The van der Waals surface area contributed by atoms with Crippen LogP contribution in [-0.4, -0.2) is 23.5 Å². The molecule has 0 radical (unpaired) electrons. The van der Waals surface area contributed by atoms with E-state index in [1.165, 1.54) is 0 Å². The maximum absolute atomic E-state index is 12.0. The fraction of sp³-hybridized carbons (Fsp3) is 0.467. The van der Waals surface area contributed by atoms with Gasteiger partial charge >= 0.3 is 5.97 Å². The number of rotatable bonds is 7. The minimum atomic E-state index is -0.840. The van der Waals surface area contributed by atoms with Gasteiger partial charge < -0.3 is 10.4 Å². The van der Waals surface area contributed by atoms with Gasteiger partial charge in [0.25, 0.3) is 5.91 Å². The van der Waals surface area contributed by atoms with E-state index in [-0.39, 0.29) is 18.2 Å². The maximum atomic E-state index is 12.0. The predicted molar refractivity (Wildman–Crippen MR) is 79.0 cm³/mol. The molecule has 0 aliphatic heterocycles. The van der Waals surface area contributed by atoms with Crippen LogP contribution in [0.2, 0.25) is 5.02 Å². The Morgan fingerprint density at radius 3 is 2.60 bits per heavy atom. The van der Waals surface area contributed by atoms with Gasteiger partial charge in [-0.05, 0) is 36.5 Å². The summed E-state index contributed by atoms with van der Waals surface area (Å²) < 4.78 is 0. The Labute approximate surface area is 124 Å². The standard InChI is InChI=1S/C15H20ClNO3/c1-10(2)6-11(7-14(18)19)9-17-15(20)12-4-3-5-13(16)8-12/h3-5,8,10-11H,6-7,9H2,1-2H3,(H,17,20)(H,18,19)/t11-/m0/s1. The van der Waals surface area contributed by atoms with Crippen LogP contribution in [0.4, 0.5) is 0 Å². The average molecular weight is 298 g/mol. The van der Waals surface area contributed by atoms with Crippen LogP contribution in [0.3, 0.4) is 0 Å². The summed E-state index contributed by atoms with van der Waals surface area (Å²) in [5.41, 5.74) is 0.483. The van der Waals surface area contributed by atoms with Crippen molar-refractivity contribution >= 4 is 23.5 Å². The molecule has 0 bridgehead atoms. The molecule has 0 unspecified atom stereocenters. The summed E-state index contributed by atoms with van der Waals surface area (Å²) in [5.74, 6) is -0.739. The number of carbonyl (C=O) groups excluding carboxylic acids is 1. The molecule has 1 amide bonds. The van der Waals surface area contributed by atoms with E-state index in [9.17, 15) is 9.59 Å². The van der Waals surface area contributed by atoms with Crippen LogP contribution in [0, 0.1) is 11.8 Å². The molecule has 1 aromatic carbocycles. The quantitative estimate of drug-likeness (QED) is 0.812. The van der Waals surface area contributed by atoms with Crippen molar-refractivity contribution in [3.63, 3.8) is 0 Å². The highest BCUT2D eigenvalue weighted by Gasteiger charge is 2.16. The van der Waals surface area contributed by atoms with Crippen LogP contribution >= 0.6 is 11.6 Å². The van der Waals surface area contributed by atoms with Crippen LogP contribution in [0.1, 0.15) is 37.0 Å². The van der Waals surface area contributed by atoms with Gasteiger partial charge in [-0.3, -0.25) is 9.59 Å². The Hall–Kier alpha value is -1.55. The van der Waals surface area contributed by atoms with Crippen LogP contribution in [0.5, 0.6) is 0 Å². The normalized spacial score (nSPS) is 12.2. The topological polar surface area (TPSA) is 66.4 Å². The molecule has 0 saturated carbocycles. The number of nitrogens with one attached hydrogen (secondary N) is 1. The molecule has 0 fully saturated rings. The molecule has 0 aromatic heterocycles. The zero-order chi connectivity index (χ0) is 15.1. The summed E-state index contributed by atoms with van der Waals surface area (Å²) in [6.07, 6.45) is 0.829. The van der Waals surface area contributed by atoms with Gasteiger partial charge in [-0.2, -0.15) is 0 Å². The smallest absolute Gasteiger partial charge is 0.303 e. The van der Waals surface area contributed by atoms with Crippen LogP contribution < -0.4 is 5.32 Å². The lowest BCUT2D eigenvalue weighted by Crippen LogP contribution is -2.31. The number of carboxylic acids is 1. The Morgan fingerprint density at radius 2 is 2.05 bits per heavy atom. The fourth-order valence-electron chi connectivity index (χ4n) is 2.12. The third kappa shape index (κ3) is 6.06. The second-order valence-electron chi connectivity index (χ2n) is 5.31. The van der Waals surface area contributed by atoms with Gasteiger partial charge in [0.2, 0.25) is 0 Å². The van der Waals surface area contributed by atoms with Gasteiger partial charge in [0, 0.05) is 23.6 Å². The van der Waals surface area contributed by atoms with Gasteiger partial charge in [-0.25, -0.2) is 0 Å². The third-order valence-corrected chi connectivity index (χ3v) is 3.14. The molecule has 0 heterocycles. The first-order chi connectivity index (χ1) is 9.38. The van der Waals surface area contributed by atoms with Crippen molar-refractivity contribution in [1.82, 2.24) is 5.32 Å². The van der Waals surface area contributed by atoms with Crippen molar-refractivity contribution in [2.45, 2.75) is 26.7 Å². The molecule has 4 nitrogen and oxygen atoms in total. The Bertz CT molecular complexity index is 474. The van der Waals surface area contributed by atoms with Gasteiger partial charge in [0.1, 0.15) is 0 Å². The molecular formula is C15H20ClNO3. The second kappa shape index (κ2) is 7.90. The third-order valence-electron chi connectivity index (χ3n) is 2.91. The molecule has 0 saturated heterocycles. The Morgan fingerprint density at radius 1 is 1.35 bits per heavy atom. The first-order valence-corrected chi connectivity index (χ1v) is 7.01. The lowest BCUT2D eigenvalue weighted by Gasteiger charge is -2.17. The first kappa shape index (κ1) is 16.5. The molecule has 1 atom stereocenters. The second-order valence-corrected chi connectivity index (χ2v) is 5.75. The number of carboxylic acid groups (broad SMARTS) is 1. The summed E-state index contributed by atoms with van der Waals surface area (Å²) >= 11 is 5.83. The van der Waals surface area contributed by atoms with E-state index in [2.05, 4.69) is 5.32 Å². The van der Waals surface area contributed by atoms with Crippen molar-refractivity contribution in [3.8, 4) is 0 Å². The maximum Gasteiger partial charge on any atom is 0.303 e. The largest absolute Gasteiger partial charge is 0.481 e. The highest BCUT2D eigenvalue weighted by Crippen LogP contribution is 2.15. The molecule has 5 heteroatoms. The minimum absolute atomic E-state index is 0.0596. The molecule has 20 heavy (non-hydrogen) atoms. The van der Waals surface area contributed by atoms with E-state index in [1.807, 2.05) is 13.8 Å². The Balaban J connectivity index is 2.57. The molecular weight excluding hydrogens is 278 g/mol. The van der Waals surface area contributed by atoms with E-state index < -0.39 is 5.97 Å². The lowest BCUT2D eigenvalue weighted by molar-refractivity contribution is -0.138. The van der Waals surface area contributed by atoms with Gasteiger partial charge in [-0.1, -0.05) is 31.5 Å². The summed E-state index contributed by atoms with van der Waals surface area (Å²) in [5, 5.41) is 12.2. The van der Waals surface area contributed by atoms with E-state index in [4.69, 9.17) is 16.7 Å². The lowest BCUT2D eigenvalue weighted by atomic mass is 9.94. The van der Waals surface area contributed by atoms with Crippen molar-refractivity contribution in [1.29, 1.82) is 0 Å². The van der Waals surface area contributed by atoms with Gasteiger partial charge in [0.15, 0.2) is 0 Å². The number of hydrogen-bond acceptors (Lipinski definition) is 2. The van der Waals surface area contributed by atoms with E-state index in [1.54, 1.807) is 24.3 Å². The molecule has 1 rings (SSSR count). The molecule has 0 aliphatic carbocycles. The summed E-state index contributed by atoms with van der Waals surface area (Å²) in [7, 11) is 0. The van der Waals surface area contributed by atoms with E-state index >= 15 is 0 Å². The molecule has 0 spiro atoms. The van der Waals surface area contributed by atoms with Crippen LogP contribution in [0.25, 0.3) is 0 Å². The zero-order valence-corrected chi connectivity index (χ0v) is 12.5. The number of amides is 1. The van der Waals surface area contributed by atoms with Gasteiger partial charge in [-0.15, -0.1) is 0 Å². The van der Waals surface area contributed by atoms with E-state index in [0.717, 1.165) is 6.42 Å². The number of hydrogen-bond donors (Lipinski definition) is 2. The van der Waals surface area contributed by atoms with Crippen molar-refractivity contribution < 1.29 is 14.7 Å². The number of aliphatic carboxylic acids is 1. The van der Waals surface area contributed by atoms with Crippen molar-refractivity contribution in [2.75, 3.05) is 6.54 Å². The molecule has 0 aliphatic rings. The predicted octanol–water partition coefficient (Wildman–Crippen LogP) is 3.21. The van der Waals surface area contributed by atoms with Crippen LogP contribution in [-0.2, 0) is 4.79 Å². The zero-order valence-electron chi connectivity index (χ0n) is 11.7. The number of carbonyl (C=O) groups is 2. The molecule has 110 valence electrons. The average Bonchev–Trinajstić information content (AvgIpc) is 2.34. The first-order valence-electron chi connectivity index (χ1n) is 6.64. The Kier molecular flexibility index (Phi) is 6.52. The number of benzene rings is 1. The van der Waals surface area contributed by atoms with Crippen LogP contribution in [0.15, 0.2) is 24.3 Å². The highest BCUT2D eigenvalue weighted by molar-refractivity contribution is 6.30. The summed E-state index contributed by atoms with van der Waals surface area (Å²) in [4.78, 5) is 22.8. The monoisotopic (exact) mass is 297 g/mol.